The highest BCUT2D eigenvalue weighted by atomic mass is 19.1. The first-order chi connectivity index (χ1) is 3.31. The summed E-state index contributed by atoms with van der Waals surface area (Å²) in [5, 5.41) is 0. The molecule has 0 N–H and O–H groups in total. The maximum absolute atomic E-state index is 11.9. The van der Waals surface area contributed by atoms with E-state index in [1.165, 1.54) is 12.2 Å². The van der Waals surface area contributed by atoms with E-state index in [1.54, 1.807) is 19.9 Å². The van der Waals surface area contributed by atoms with Gasteiger partial charge in [0.2, 0.25) is 0 Å². The average molecular weight is 100 g/mol. The Labute approximate surface area is 43.4 Å². The second-order valence-electron chi connectivity index (χ2n) is 1.17. The molecule has 0 unspecified atom stereocenters. The molecular formula is C6H9F. The van der Waals surface area contributed by atoms with Gasteiger partial charge in [-0.2, -0.15) is 0 Å². The fourth-order valence-electron chi connectivity index (χ4n) is 0.255. The van der Waals surface area contributed by atoms with E-state index < -0.39 is 0 Å². The Hall–Kier alpha value is -0.590. The van der Waals surface area contributed by atoms with Crippen molar-refractivity contribution in [2.24, 2.45) is 0 Å². The highest BCUT2D eigenvalue weighted by Gasteiger charge is 1.75. The van der Waals surface area contributed by atoms with Gasteiger partial charge in [0.05, 0.1) is 0 Å². The van der Waals surface area contributed by atoms with E-state index >= 15 is 0 Å². The van der Waals surface area contributed by atoms with E-state index in [-0.39, 0.29) is 5.83 Å². The topological polar surface area (TPSA) is 0 Å². The number of hydrogen-bond acceptors (Lipinski definition) is 0. The van der Waals surface area contributed by atoms with Gasteiger partial charge in [0.15, 0.2) is 0 Å². The lowest BCUT2D eigenvalue weighted by Crippen LogP contribution is -1.57. The summed E-state index contributed by atoms with van der Waals surface area (Å²) >= 11 is 0. The smallest absolute Gasteiger partial charge is 0.118 e. The summed E-state index contributed by atoms with van der Waals surface area (Å²) in [6.07, 6.45) is 4.50. The normalized spacial score (nSPS) is 13.3. The lowest BCUT2D eigenvalue weighted by Gasteiger charge is -1.76. The van der Waals surface area contributed by atoms with Gasteiger partial charge in [-0.05, 0) is 19.9 Å². The lowest BCUT2D eigenvalue weighted by molar-refractivity contribution is 0.664. The predicted octanol–water partition coefficient (Wildman–Crippen LogP) is 2.44. The highest BCUT2D eigenvalue weighted by Crippen LogP contribution is 1.95. The maximum Gasteiger partial charge on any atom is 0.118 e. The second kappa shape index (κ2) is 3.59. The van der Waals surface area contributed by atoms with Crippen LogP contribution in [0.4, 0.5) is 4.39 Å². The minimum Gasteiger partial charge on any atom is -0.207 e. The minimum atomic E-state index is -0.178. The van der Waals surface area contributed by atoms with Gasteiger partial charge in [0.1, 0.15) is 5.83 Å². The molecule has 0 aliphatic carbocycles. The third kappa shape index (κ3) is 3.23. The SMILES string of the molecule is C/C=C(F)/C=C/C. The van der Waals surface area contributed by atoms with Crippen molar-refractivity contribution in [3.63, 3.8) is 0 Å². The third-order valence-electron chi connectivity index (χ3n) is 0.602. The zero-order valence-corrected chi connectivity index (χ0v) is 4.61. The Bertz CT molecular complexity index is 90.4. The molecule has 0 amide bonds. The number of hydrogen-bond donors (Lipinski definition) is 0. The van der Waals surface area contributed by atoms with Crippen molar-refractivity contribution < 1.29 is 4.39 Å². The first-order valence-corrected chi connectivity index (χ1v) is 2.25. The maximum atomic E-state index is 11.9. The van der Waals surface area contributed by atoms with Crippen LogP contribution in [0.5, 0.6) is 0 Å². The molecule has 0 aliphatic heterocycles. The van der Waals surface area contributed by atoms with Crippen molar-refractivity contribution in [1.29, 1.82) is 0 Å². The van der Waals surface area contributed by atoms with E-state index in [1.807, 2.05) is 0 Å². The lowest BCUT2D eigenvalue weighted by atomic mass is 10.4. The van der Waals surface area contributed by atoms with Gasteiger partial charge in [-0.1, -0.05) is 12.2 Å². The largest absolute Gasteiger partial charge is 0.207 e. The zero-order valence-electron chi connectivity index (χ0n) is 4.61. The summed E-state index contributed by atoms with van der Waals surface area (Å²) in [5.74, 6) is -0.178. The van der Waals surface area contributed by atoms with Gasteiger partial charge >= 0.3 is 0 Å². The van der Waals surface area contributed by atoms with Crippen LogP contribution in [0.15, 0.2) is 24.1 Å². The number of rotatable bonds is 1. The summed E-state index contributed by atoms with van der Waals surface area (Å²) in [7, 11) is 0. The average Bonchev–Trinajstić information content (AvgIpc) is 1.68. The van der Waals surface area contributed by atoms with Crippen molar-refractivity contribution in [3.8, 4) is 0 Å². The van der Waals surface area contributed by atoms with Crippen LogP contribution in [-0.4, -0.2) is 0 Å². The molecule has 0 aromatic rings. The molecule has 0 aromatic heterocycles. The predicted molar refractivity (Wildman–Crippen MR) is 29.7 cm³/mol. The molecule has 0 nitrogen and oxygen atoms in total. The number of halogens is 1. The van der Waals surface area contributed by atoms with Gasteiger partial charge in [0.25, 0.3) is 0 Å². The first kappa shape index (κ1) is 6.41. The van der Waals surface area contributed by atoms with E-state index in [0.29, 0.717) is 0 Å². The highest BCUT2D eigenvalue weighted by molar-refractivity contribution is 5.08. The van der Waals surface area contributed by atoms with Crippen LogP contribution in [0, 0.1) is 0 Å². The summed E-state index contributed by atoms with van der Waals surface area (Å²) in [5.41, 5.74) is 0. The van der Waals surface area contributed by atoms with Crippen LogP contribution in [0.25, 0.3) is 0 Å². The fourth-order valence-corrected chi connectivity index (χ4v) is 0.255. The van der Waals surface area contributed by atoms with E-state index in [2.05, 4.69) is 0 Å². The van der Waals surface area contributed by atoms with Crippen LogP contribution in [0.3, 0.4) is 0 Å². The molecule has 0 aromatic carbocycles. The molecule has 0 radical (unpaired) electrons. The molecule has 0 fully saturated rings. The van der Waals surface area contributed by atoms with Crippen molar-refractivity contribution in [1.82, 2.24) is 0 Å². The molecule has 0 aliphatic rings. The molecule has 40 valence electrons. The molecular weight excluding hydrogens is 91.1 g/mol. The minimum absolute atomic E-state index is 0.178. The van der Waals surface area contributed by atoms with Crippen molar-refractivity contribution in [3.05, 3.63) is 24.1 Å². The molecule has 0 saturated heterocycles. The van der Waals surface area contributed by atoms with Crippen LogP contribution in [0.2, 0.25) is 0 Å². The van der Waals surface area contributed by atoms with Crippen molar-refractivity contribution in [2.75, 3.05) is 0 Å². The fraction of sp³-hybridized carbons (Fsp3) is 0.333. The molecule has 0 saturated carbocycles. The summed E-state index contributed by atoms with van der Waals surface area (Å²) < 4.78 is 11.9. The van der Waals surface area contributed by atoms with Crippen molar-refractivity contribution in [2.45, 2.75) is 13.8 Å². The number of allylic oxidation sites excluding steroid dienone is 4. The van der Waals surface area contributed by atoms with Crippen molar-refractivity contribution >= 4 is 0 Å². The second-order valence-corrected chi connectivity index (χ2v) is 1.17. The van der Waals surface area contributed by atoms with Gasteiger partial charge < -0.3 is 0 Å². The Morgan fingerprint density at radius 2 is 2.00 bits per heavy atom. The van der Waals surface area contributed by atoms with Gasteiger partial charge in [0, 0.05) is 0 Å². The third-order valence-corrected chi connectivity index (χ3v) is 0.602. The van der Waals surface area contributed by atoms with Crippen LogP contribution < -0.4 is 0 Å². The van der Waals surface area contributed by atoms with E-state index in [9.17, 15) is 4.39 Å². The van der Waals surface area contributed by atoms with Crippen LogP contribution in [-0.2, 0) is 0 Å². The molecule has 0 bridgehead atoms. The molecule has 0 rings (SSSR count). The monoisotopic (exact) mass is 100 g/mol. The Morgan fingerprint density at radius 3 is 2.14 bits per heavy atom. The Balaban J connectivity index is 3.58. The summed E-state index contributed by atoms with van der Waals surface area (Å²) in [6, 6.07) is 0. The summed E-state index contributed by atoms with van der Waals surface area (Å²) in [6.45, 7) is 3.44. The van der Waals surface area contributed by atoms with E-state index in [4.69, 9.17) is 0 Å². The standard InChI is InChI=1S/C6H9F/c1-3-5-6(7)4-2/h3-5H,1-2H3/b5-3+,6-4-. The molecule has 0 heterocycles. The Morgan fingerprint density at radius 1 is 1.43 bits per heavy atom. The summed E-state index contributed by atoms with van der Waals surface area (Å²) in [4.78, 5) is 0. The first-order valence-electron chi connectivity index (χ1n) is 2.25. The van der Waals surface area contributed by atoms with Crippen LogP contribution in [0.1, 0.15) is 13.8 Å². The molecule has 7 heavy (non-hydrogen) atoms. The molecule has 1 heteroatoms. The van der Waals surface area contributed by atoms with Crippen LogP contribution >= 0.6 is 0 Å². The Kier molecular flexibility index (Phi) is 3.29. The molecule has 0 spiro atoms. The van der Waals surface area contributed by atoms with Gasteiger partial charge in [-0.3, -0.25) is 0 Å². The van der Waals surface area contributed by atoms with E-state index in [0.717, 1.165) is 0 Å². The van der Waals surface area contributed by atoms with Gasteiger partial charge in [-0.15, -0.1) is 0 Å². The van der Waals surface area contributed by atoms with Gasteiger partial charge in [-0.25, -0.2) is 4.39 Å². The molecule has 0 atom stereocenters. The quantitative estimate of drug-likeness (QED) is 0.444. The zero-order chi connectivity index (χ0) is 5.70.